The molecule has 0 spiro atoms. The minimum absolute atomic E-state index is 1.04. The minimum Gasteiger partial charge on any atom is -0.361 e. The standard InChI is InChI=1S/C16H11N/c1-2-4-13(5-3-1)6-7-14-8-9-16-15(12-14)10-11-17-16/h1-5,8-12,17H. The van der Waals surface area contributed by atoms with Crippen molar-refractivity contribution in [2.75, 3.05) is 0 Å². The first-order valence-corrected chi connectivity index (χ1v) is 5.56. The van der Waals surface area contributed by atoms with Crippen molar-refractivity contribution >= 4 is 10.9 Å². The fourth-order valence-electron chi connectivity index (χ4n) is 1.80. The summed E-state index contributed by atoms with van der Waals surface area (Å²) in [6.07, 6.45) is 1.94. The molecule has 0 unspecified atom stereocenters. The molecule has 0 atom stereocenters. The predicted molar refractivity (Wildman–Crippen MR) is 70.7 cm³/mol. The second-order valence-corrected chi connectivity index (χ2v) is 3.90. The molecule has 2 aromatic carbocycles. The molecule has 3 rings (SSSR count). The number of fused-ring (bicyclic) bond motifs is 1. The largest absolute Gasteiger partial charge is 0.361 e. The molecule has 3 aromatic rings. The summed E-state index contributed by atoms with van der Waals surface area (Å²) < 4.78 is 0. The van der Waals surface area contributed by atoms with Crippen molar-refractivity contribution in [1.82, 2.24) is 4.98 Å². The number of hydrogen-bond donors (Lipinski definition) is 1. The first-order chi connectivity index (χ1) is 8.42. The lowest BCUT2D eigenvalue weighted by atomic mass is 10.1. The van der Waals surface area contributed by atoms with E-state index >= 15 is 0 Å². The van der Waals surface area contributed by atoms with Gasteiger partial charge in [-0.15, -0.1) is 0 Å². The molecule has 0 amide bonds. The zero-order valence-electron chi connectivity index (χ0n) is 9.27. The van der Waals surface area contributed by atoms with Crippen molar-refractivity contribution in [1.29, 1.82) is 0 Å². The van der Waals surface area contributed by atoms with Crippen LogP contribution in [0.25, 0.3) is 10.9 Å². The lowest BCUT2D eigenvalue weighted by molar-refractivity contribution is 1.48. The Balaban J connectivity index is 1.97. The van der Waals surface area contributed by atoms with Gasteiger partial charge in [-0.25, -0.2) is 0 Å². The first kappa shape index (κ1) is 9.74. The molecule has 0 aliphatic heterocycles. The third-order valence-corrected chi connectivity index (χ3v) is 2.68. The zero-order chi connectivity index (χ0) is 11.5. The third kappa shape index (κ3) is 2.07. The van der Waals surface area contributed by atoms with Crippen molar-refractivity contribution in [3.05, 3.63) is 71.9 Å². The molecule has 0 fully saturated rings. The summed E-state index contributed by atoms with van der Waals surface area (Å²) in [5.41, 5.74) is 3.23. The van der Waals surface area contributed by atoms with Crippen molar-refractivity contribution in [2.45, 2.75) is 0 Å². The van der Waals surface area contributed by atoms with Gasteiger partial charge in [0, 0.05) is 28.2 Å². The molecule has 1 N–H and O–H groups in total. The van der Waals surface area contributed by atoms with Gasteiger partial charge in [0.15, 0.2) is 0 Å². The van der Waals surface area contributed by atoms with E-state index in [4.69, 9.17) is 0 Å². The zero-order valence-corrected chi connectivity index (χ0v) is 9.27. The smallest absolute Gasteiger partial charge is 0.0454 e. The molecule has 0 saturated heterocycles. The predicted octanol–water partition coefficient (Wildman–Crippen LogP) is 3.57. The van der Waals surface area contributed by atoms with Crippen LogP contribution in [0.4, 0.5) is 0 Å². The van der Waals surface area contributed by atoms with Crippen LogP contribution in [0.1, 0.15) is 11.1 Å². The Hall–Kier alpha value is -2.46. The van der Waals surface area contributed by atoms with Gasteiger partial charge in [0.2, 0.25) is 0 Å². The average molecular weight is 217 g/mol. The summed E-state index contributed by atoms with van der Waals surface area (Å²) in [7, 11) is 0. The maximum atomic E-state index is 3.18. The molecule has 0 bridgehead atoms. The number of aromatic amines is 1. The summed E-state index contributed by atoms with van der Waals surface area (Å²) in [5.74, 6) is 6.34. The highest BCUT2D eigenvalue weighted by Crippen LogP contribution is 2.13. The summed E-state index contributed by atoms with van der Waals surface area (Å²) in [6.45, 7) is 0. The second kappa shape index (κ2) is 4.19. The van der Waals surface area contributed by atoms with E-state index in [0.717, 1.165) is 16.6 Å². The van der Waals surface area contributed by atoms with Gasteiger partial charge in [0.1, 0.15) is 0 Å². The number of hydrogen-bond acceptors (Lipinski definition) is 0. The van der Waals surface area contributed by atoms with Crippen molar-refractivity contribution in [3.8, 4) is 11.8 Å². The maximum Gasteiger partial charge on any atom is 0.0454 e. The van der Waals surface area contributed by atoms with E-state index in [2.05, 4.69) is 35.0 Å². The molecule has 1 heterocycles. The van der Waals surface area contributed by atoms with E-state index in [0.29, 0.717) is 0 Å². The lowest BCUT2D eigenvalue weighted by Gasteiger charge is -1.92. The van der Waals surface area contributed by atoms with Gasteiger partial charge in [-0.05, 0) is 36.4 Å². The highest BCUT2D eigenvalue weighted by molar-refractivity contribution is 5.80. The third-order valence-electron chi connectivity index (χ3n) is 2.68. The quantitative estimate of drug-likeness (QED) is 0.554. The van der Waals surface area contributed by atoms with E-state index < -0.39 is 0 Å². The Morgan fingerprint density at radius 3 is 2.47 bits per heavy atom. The van der Waals surface area contributed by atoms with Crippen LogP contribution in [0.5, 0.6) is 0 Å². The molecular formula is C16H11N. The van der Waals surface area contributed by atoms with Gasteiger partial charge in [-0.1, -0.05) is 30.0 Å². The minimum atomic E-state index is 1.04. The molecule has 1 heteroatoms. The van der Waals surface area contributed by atoms with E-state index in [9.17, 15) is 0 Å². The molecule has 0 saturated carbocycles. The Morgan fingerprint density at radius 1 is 0.765 bits per heavy atom. The van der Waals surface area contributed by atoms with E-state index in [1.165, 1.54) is 5.39 Å². The van der Waals surface area contributed by atoms with Gasteiger partial charge in [0.05, 0.1) is 0 Å². The van der Waals surface area contributed by atoms with Crippen LogP contribution >= 0.6 is 0 Å². The van der Waals surface area contributed by atoms with E-state index in [-0.39, 0.29) is 0 Å². The van der Waals surface area contributed by atoms with Crippen molar-refractivity contribution < 1.29 is 0 Å². The SMILES string of the molecule is C(#Cc1ccc2[nH]ccc2c1)c1ccccc1. The van der Waals surface area contributed by atoms with Crippen LogP contribution in [0.15, 0.2) is 60.8 Å². The molecule has 0 aliphatic rings. The fraction of sp³-hybridized carbons (Fsp3) is 0. The van der Waals surface area contributed by atoms with Crippen LogP contribution in [0, 0.1) is 11.8 Å². The Bertz CT molecular complexity index is 696. The summed E-state index contributed by atoms with van der Waals surface area (Å²) in [6, 6.07) is 18.3. The van der Waals surface area contributed by atoms with Gasteiger partial charge < -0.3 is 4.98 Å². The number of H-pyrrole nitrogens is 1. The molecule has 17 heavy (non-hydrogen) atoms. The monoisotopic (exact) mass is 217 g/mol. The van der Waals surface area contributed by atoms with Crippen LogP contribution in [0.3, 0.4) is 0 Å². The molecule has 1 aromatic heterocycles. The molecule has 80 valence electrons. The van der Waals surface area contributed by atoms with Crippen molar-refractivity contribution in [3.63, 3.8) is 0 Å². The number of benzene rings is 2. The fourth-order valence-corrected chi connectivity index (χ4v) is 1.80. The van der Waals surface area contributed by atoms with E-state index in [1.54, 1.807) is 0 Å². The maximum absolute atomic E-state index is 3.18. The normalized spacial score (nSPS) is 9.88. The summed E-state index contributed by atoms with van der Waals surface area (Å²) in [5, 5.41) is 1.20. The number of aromatic nitrogens is 1. The van der Waals surface area contributed by atoms with Crippen LogP contribution in [-0.4, -0.2) is 4.98 Å². The summed E-state index contributed by atoms with van der Waals surface area (Å²) >= 11 is 0. The highest BCUT2D eigenvalue weighted by atomic mass is 14.7. The Labute approximate surface area is 100 Å². The van der Waals surface area contributed by atoms with Crippen LogP contribution in [-0.2, 0) is 0 Å². The number of rotatable bonds is 0. The molecule has 0 radical (unpaired) electrons. The number of nitrogens with one attached hydrogen (secondary N) is 1. The highest BCUT2D eigenvalue weighted by Gasteiger charge is 1.93. The topological polar surface area (TPSA) is 15.8 Å². The van der Waals surface area contributed by atoms with Gasteiger partial charge in [-0.3, -0.25) is 0 Å². The molecule has 0 aliphatic carbocycles. The lowest BCUT2D eigenvalue weighted by Crippen LogP contribution is -1.75. The molecule has 1 nitrogen and oxygen atoms in total. The Kier molecular flexibility index (Phi) is 2.40. The van der Waals surface area contributed by atoms with Gasteiger partial charge in [-0.2, -0.15) is 0 Å². The average Bonchev–Trinajstić information content (AvgIpc) is 2.85. The van der Waals surface area contributed by atoms with E-state index in [1.807, 2.05) is 42.6 Å². The Morgan fingerprint density at radius 2 is 1.59 bits per heavy atom. The van der Waals surface area contributed by atoms with Crippen molar-refractivity contribution in [2.24, 2.45) is 0 Å². The summed E-state index contributed by atoms with van der Waals surface area (Å²) in [4.78, 5) is 3.17. The first-order valence-electron chi connectivity index (χ1n) is 5.56. The van der Waals surface area contributed by atoms with Gasteiger partial charge in [0.25, 0.3) is 0 Å². The van der Waals surface area contributed by atoms with Crippen LogP contribution in [0.2, 0.25) is 0 Å². The van der Waals surface area contributed by atoms with Gasteiger partial charge >= 0.3 is 0 Å². The molecular weight excluding hydrogens is 206 g/mol. The van der Waals surface area contributed by atoms with Crippen LogP contribution < -0.4 is 0 Å². The second-order valence-electron chi connectivity index (χ2n) is 3.90.